The number of amidine groups is 12. The van der Waals surface area contributed by atoms with E-state index in [4.69, 9.17) is 0 Å². The summed E-state index contributed by atoms with van der Waals surface area (Å²) >= 11 is -7.00. The van der Waals surface area contributed by atoms with Crippen LogP contribution in [0.5, 0.6) is 0 Å². The highest BCUT2D eigenvalue weighted by molar-refractivity contribution is 6.41. The molecule has 6 aromatic heterocycles. The lowest BCUT2D eigenvalue weighted by molar-refractivity contribution is 0.508. The van der Waals surface area contributed by atoms with Gasteiger partial charge in [0.2, 0.25) is 0 Å². The van der Waals surface area contributed by atoms with E-state index in [1.165, 1.54) is 21.3 Å². The van der Waals surface area contributed by atoms with Crippen LogP contribution in [-0.2, 0) is 0 Å². The van der Waals surface area contributed by atoms with Crippen LogP contribution < -0.4 is 32.9 Å². The highest BCUT2D eigenvalue weighted by Crippen LogP contribution is 2.48. The Morgan fingerprint density at radius 1 is 0.140 bits per heavy atom. The van der Waals surface area contributed by atoms with E-state index in [0.717, 1.165) is 146 Å². The summed E-state index contributed by atoms with van der Waals surface area (Å²) < 4.78 is 373. The molecule has 6 N–H and O–H groups in total. The first-order valence-electron chi connectivity index (χ1n) is 43.1. The van der Waals surface area contributed by atoms with Crippen molar-refractivity contribution < 1.29 is 122 Å². The fourth-order valence-electron chi connectivity index (χ4n) is 19.9. The quantitative estimate of drug-likeness (QED) is 0.101. The molecule has 0 fully saturated rings. The van der Waals surface area contributed by atoms with Gasteiger partial charge in [0.1, 0.15) is 138 Å². The summed E-state index contributed by atoms with van der Waals surface area (Å²) in [7, 11) is 0. The SMILES string of the molecule is Fc1cc2c(cc1F)C1=Nc3c4cc(F)c(F)cc4c4[n]3[AlH][n]3c(c5cc(F)c(F)cc5c3=NC3=NC(=N4)c4cc(F)c(F)cc43)=NC2=N1.Fc1cc2c3[n]4c(c2cc1F)N=C1N=C(N=c2c5cc(F)c(F)cc5c([n]2[AlH]4)=NC2=NC(=N3)c3c(F)ccc(F)c32)c2c(F)ccc(F)c21.Fc1ccc(F)c2c1C1=NC2=Nc2c3c(F)ccc(F)c3c3[n]2[AlH][n]2c(c4c(F)ccc(F)c4c2=NC2=NC(=N3)c3c(F)ccc(F)c32)=N1.O.O.O. The first-order chi connectivity index (χ1) is 70.7. The molecule has 18 heterocycles. The second-order valence-electron chi connectivity index (χ2n) is 34.3. The van der Waals surface area contributed by atoms with Gasteiger partial charge in [-0.15, -0.1) is 0 Å². The van der Waals surface area contributed by atoms with Gasteiger partial charge in [-0.1, -0.05) is 0 Å². The zero-order valence-corrected chi connectivity index (χ0v) is 77.5. The Bertz CT molecular complexity index is 10000. The van der Waals surface area contributed by atoms with E-state index in [2.05, 4.69) is 89.9 Å². The molecular weight excluding hydrogens is 2070 g/mol. The van der Waals surface area contributed by atoms with Crippen LogP contribution in [0.1, 0.15) is 66.8 Å². The largest absolute Gasteiger partial charge is 0.563 e. The van der Waals surface area contributed by atoms with E-state index < -0.39 is 254 Å². The van der Waals surface area contributed by atoms with Crippen molar-refractivity contribution in [3.05, 3.63) is 385 Å². The number of nitrogens with zero attached hydrogens (tertiary/aromatic N) is 24. The summed E-state index contributed by atoms with van der Waals surface area (Å²) in [6, 6.07) is 20.3. The van der Waals surface area contributed by atoms with Crippen molar-refractivity contribution in [1.82, 2.24) is 21.3 Å². The maximum Gasteiger partial charge on any atom is 0.563 e. The number of rotatable bonds is 0. The van der Waals surface area contributed by atoms with E-state index in [9.17, 15) is 52.7 Å². The smallest absolute Gasteiger partial charge is 0.412 e. The molecule has 12 aliphatic rings. The number of hydrogen-bond donors (Lipinski definition) is 0. The predicted molar refractivity (Wildman–Crippen MR) is 497 cm³/mol. The standard InChI is InChI=1S/3C32H8F8N8.3Al.3H2O.3H/c33-17-1-9-10(2-18(17)34)26-41-25(9)45-27-11-3-19(35)20(36)4-12(11)29(42-27)47-31-15-7-23(39)24(40)8-16(15)32(44-31)48-30-14-6-22(38)21(37)5-13(14)28(43-30)46-26;33-13-1-2-14(34)22-21(13)29-43-25-9-5-17(37)18(38)6-10(9)27(41-25)45-31-23-15(35)3-4-16(36)24(23)32(48-31)46-28-12-8-20(40)19(39)7-11(12)26(42-28)44-30(22)47-29;33-9-1-2-10(34)18-17(9)25-41-26(18)46-28-21-13(37)5-6-14(38)22(21)30(43-28)48-32-24-16(40)8-7-15(39)23(24)31(44-32)47-29-20-12(36)4-3-11(35)19(20)27(42-29)45-25;;;;;;;;;/h3*1-8H;;;;3*1H2;;;/q3*-2;3*+2;;;;;;. The Kier molecular flexibility index (Phi) is 20.4. The third-order valence-electron chi connectivity index (χ3n) is 26.3. The summed E-state index contributed by atoms with van der Waals surface area (Å²) in [5.41, 5.74) is -4.40. The molecule has 27 nitrogen and oxygen atoms in total. The Morgan fingerprint density at radius 3 is 0.547 bits per heavy atom. The molecule has 0 saturated heterocycles. The first kappa shape index (κ1) is 93.6. The van der Waals surface area contributed by atoms with Gasteiger partial charge in [0.05, 0.1) is 66.1 Å². The van der Waals surface area contributed by atoms with Gasteiger partial charge >= 0.3 is 47.0 Å². The zero-order valence-electron chi connectivity index (χ0n) is 73.3. The van der Waals surface area contributed by atoms with Gasteiger partial charge in [-0.25, -0.2) is 195 Å². The lowest BCUT2D eigenvalue weighted by Gasteiger charge is -2.11. The van der Waals surface area contributed by atoms with E-state index in [1.807, 2.05) is 0 Å². The first-order valence-corrected chi connectivity index (χ1v) is 46.9. The normalized spacial score (nSPS) is 14.8. The lowest BCUT2D eigenvalue weighted by Crippen LogP contribution is -2.37. The maximum absolute atomic E-state index is 15.9. The van der Waals surface area contributed by atoms with Gasteiger partial charge in [-0.2, -0.15) is 0 Å². The van der Waals surface area contributed by atoms with Crippen molar-refractivity contribution in [2.24, 2.45) is 89.9 Å². The highest BCUT2D eigenvalue weighted by Gasteiger charge is 2.43. The van der Waals surface area contributed by atoms with Crippen molar-refractivity contribution in [2.75, 3.05) is 0 Å². The molecule has 0 saturated carbocycles. The molecule has 732 valence electrons. The molecule has 0 atom stereocenters. The molecule has 0 unspecified atom stereocenters. The van der Waals surface area contributed by atoms with Gasteiger partial charge in [-0.3, -0.25) is 0 Å². The molecule has 0 spiro atoms. The third kappa shape index (κ3) is 13.1. The van der Waals surface area contributed by atoms with Gasteiger partial charge in [0.25, 0.3) is 0 Å². The number of benzene rings is 12. The second kappa shape index (κ2) is 32.8. The molecule has 12 aliphatic heterocycles. The Morgan fingerprint density at radius 2 is 0.300 bits per heavy atom. The summed E-state index contributed by atoms with van der Waals surface area (Å²) in [5.74, 6) is -31.7. The van der Waals surface area contributed by atoms with E-state index in [-0.39, 0.29) is 219 Å². The predicted octanol–water partition coefficient (Wildman–Crippen LogP) is 13.5. The molecule has 18 aromatic rings. The van der Waals surface area contributed by atoms with Crippen molar-refractivity contribution in [3.63, 3.8) is 0 Å². The van der Waals surface area contributed by atoms with Crippen LogP contribution in [0.4, 0.5) is 140 Å². The average molecular weight is 2110 g/mol. The third-order valence-corrected chi connectivity index (χ3v) is 31.6. The topological polar surface area (TPSA) is 347 Å². The van der Waals surface area contributed by atoms with E-state index in [1.54, 1.807) is 0 Å². The molecule has 54 heteroatoms. The van der Waals surface area contributed by atoms with Crippen molar-refractivity contribution in [1.29, 1.82) is 0 Å². The molecule has 150 heavy (non-hydrogen) atoms. The van der Waals surface area contributed by atoms with Crippen LogP contribution >= 0.6 is 0 Å². The Hall–Kier alpha value is -17.5. The molecule has 0 aliphatic carbocycles. The fourth-order valence-corrected chi connectivity index (χ4v) is 25.2. The van der Waals surface area contributed by atoms with E-state index >= 15 is 52.7 Å². The molecular formula is C96H33Al3F24N24O3. The van der Waals surface area contributed by atoms with Crippen LogP contribution in [-0.4, -0.2) is 155 Å². The van der Waals surface area contributed by atoms with Crippen molar-refractivity contribution in [3.8, 4) is 0 Å². The molecule has 0 radical (unpaired) electrons. The summed E-state index contributed by atoms with van der Waals surface area (Å²) in [4.78, 5) is 80.5. The van der Waals surface area contributed by atoms with Crippen molar-refractivity contribution >= 4 is 217 Å². The van der Waals surface area contributed by atoms with E-state index in [0.29, 0.717) is 0 Å². The molecule has 12 aromatic carbocycles. The minimum absolute atomic E-state index is 0. The lowest BCUT2D eigenvalue weighted by atomic mass is 10.1. The maximum atomic E-state index is 15.9. The molecule has 30 rings (SSSR count). The average Bonchev–Trinajstić information content (AvgIpc) is 1.55. The van der Waals surface area contributed by atoms with Crippen LogP contribution in [0.3, 0.4) is 0 Å². The number of fused-ring (bicyclic) bond motifs is 42. The van der Waals surface area contributed by atoms with Gasteiger partial charge in [0, 0.05) is 65.3 Å². The van der Waals surface area contributed by atoms with Crippen LogP contribution in [0, 0.1) is 140 Å². The second-order valence-corrected chi connectivity index (χ2v) is 39.0. The van der Waals surface area contributed by atoms with Gasteiger partial charge in [-0.05, 0) is 146 Å². The zero-order chi connectivity index (χ0) is 101. The van der Waals surface area contributed by atoms with Crippen LogP contribution in [0.15, 0.2) is 235 Å². The summed E-state index contributed by atoms with van der Waals surface area (Å²) in [6.07, 6.45) is 0. The van der Waals surface area contributed by atoms with Gasteiger partial charge in [0.15, 0.2) is 140 Å². The van der Waals surface area contributed by atoms with Gasteiger partial charge < -0.3 is 37.7 Å². The number of aliphatic imine (C=N–C) groups is 12. The minimum Gasteiger partial charge on any atom is -0.412 e. The summed E-state index contributed by atoms with van der Waals surface area (Å²) in [6.45, 7) is 0. The Balaban J connectivity index is 0.000000115. The highest BCUT2D eigenvalue weighted by atomic mass is 27.1. The summed E-state index contributed by atoms with van der Waals surface area (Å²) in [5, 5.41) is -1.92. The molecule has 0 amide bonds. The monoisotopic (exact) mass is 2110 g/mol. The Labute approximate surface area is 829 Å². The number of hydrogen-bond acceptors (Lipinski definition) is 18. The minimum atomic E-state index is -2.49. The van der Waals surface area contributed by atoms with Crippen LogP contribution in [0.25, 0.3) is 64.6 Å². The van der Waals surface area contributed by atoms with Crippen LogP contribution in [0.2, 0.25) is 0 Å². The molecule has 18 bridgehead atoms. The number of aromatic nitrogens is 6. The fraction of sp³-hybridized carbons (Fsp3) is 0. The number of halogens is 24. The van der Waals surface area contributed by atoms with Crippen molar-refractivity contribution in [2.45, 2.75) is 0 Å².